The second-order valence-electron chi connectivity index (χ2n) is 4.61. The van der Waals surface area contributed by atoms with E-state index < -0.39 is 0 Å². The van der Waals surface area contributed by atoms with E-state index in [1.807, 2.05) is 13.0 Å². The van der Waals surface area contributed by atoms with Crippen molar-refractivity contribution in [3.05, 3.63) is 46.9 Å². The van der Waals surface area contributed by atoms with Gasteiger partial charge in [-0.05, 0) is 48.7 Å². The van der Waals surface area contributed by atoms with Gasteiger partial charge in [0.25, 0.3) is 0 Å². The summed E-state index contributed by atoms with van der Waals surface area (Å²) < 4.78 is 5.34. The zero-order valence-electron chi connectivity index (χ0n) is 10.3. The van der Waals surface area contributed by atoms with E-state index in [1.165, 1.54) is 6.07 Å². The van der Waals surface area contributed by atoms with Crippen molar-refractivity contribution in [3.63, 3.8) is 0 Å². The fourth-order valence-electron chi connectivity index (χ4n) is 1.97. The zero-order chi connectivity index (χ0) is 13.1. The van der Waals surface area contributed by atoms with Crippen LogP contribution in [0.2, 0.25) is 0 Å². The minimum Gasteiger partial charge on any atom is -0.458 e. The third-order valence-corrected chi connectivity index (χ3v) is 2.99. The monoisotopic (exact) mass is 245 g/mol. The summed E-state index contributed by atoms with van der Waals surface area (Å²) in [5.41, 5.74) is 1.45. The number of esters is 1. The van der Waals surface area contributed by atoms with Gasteiger partial charge in [0.1, 0.15) is 11.8 Å². The van der Waals surface area contributed by atoms with Gasteiger partial charge in [-0.1, -0.05) is 6.08 Å². The van der Waals surface area contributed by atoms with Gasteiger partial charge in [0, 0.05) is 5.92 Å². The molecule has 0 saturated heterocycles. The molecular weight excluding hydrogens is 230 g/mol. The number of nitroso groups, excluding NO2 is 1. The molecule has 2 atom stereocenters. The van der Waals surface area contributed by atoms with Crippen LogP contribution >= 0.6 is 0 Å². The molecule has 18 heavy (non-hydrogen) atoms. The van der Waals surface area contributed by atoms with Crippen molar-refractivity contribution >= 4 is 11.7 Å². The fraction of sp³-hybridized carbons (Fsp3) is 0.357. The fourth-order valence-corrected chi connectivity index (χ4v) is 1.97. The molecule has 4 nitrogen and oxygen atoms in total. The van der Waals surface area contributed by atoms with E-state index in [2.05, 4.69) is 11.8 Å². The highest BCUT2D eigenvalue weighted by Gasteiger charge is 2.39. The average molecular weight is 245 g/mol. The summed E-state index contributed by atoms with van der Waals surface area (Å²) in [5.74, 6) is 0.0140. The van der Waals surface area contributed by atoms with Gasteiger partial charge in [-0.2, -0.15) is 0 Å². The molecule has 1 fully saturated rings. The zero-order valence-corrected chi connectivity index (χ0v) is 10.3. The van der Waals surface area contributed by atoms with Crippen LogP contribution in [-0.2, 0) is 4.74 Å². The highest BCUT2D eigenvalue weighted by atomic mass is 16.5. The topological polar surface area (TPSA) is 55.7 Å². The first kappa shape index (κ1) is 12.5. The molecule has 1 aromatic carbocycles. The van der Waals surface area contributed by atoms with Crippen molar-refractivity contribution < 1.29 is 9.53 Å². The number of carbonyl (C=O) groups is 1. The summed E-state index contributed by atoms with van der Waals surface area (Å²) in [6.07, 6.45) is 3.58. The van der Waals surface area contributed by atoms with Crippen LogP contribution in [0.3, 0.4) is 0 Å². The van der Waals surface area contributed by atoms with Gasteiger partial charge in [-0.15, -0.1) is 11.5 Å². The van der Waals surface area contributed by atoms with Crippen molar-refractivity contribution in [2.24, 2.45) is 11.1 Å². The highest BCUT2D eigenvalue weighted by Crippen LogP contribution is 2.37. The Bertz CT molecular complexity index is 496. The van der Waals surface area contributed by atoms with Crippen LogP contribution in [0, 0.1) is 17.7 Å². The number of nitrogens with zero attached hydrogens (tertiary/aromatic N) is 1. The van der Waals surface area contributed by atoms with Gasteiger partial charge >= 0.3 is 5.97 Å². The van der Waals surface area contributed by atoms with E-state index in [1.54, 1.807) is 12.1 Å². The maximum atomic E-state index is 11.9. The van der Waals surface area contributed by atoms with E-state index >= 15 is 0 Å². The Morgan fingerprint density at radius 3 is 3.00 bits per heavy atom. The number of benzene rings is 1. The second-order valence-corrected chi connectivity index (χ2v) is 4.61. The number of aryl methyl sites for hydroxylation is 1. The summed E-state index contributed by atoms with van der Waals surface area (Å²) in [4.78, 5) is 22.4. The number of ether oxygens (including phenoxy) is 1. The molecule has 1 aromatic rings. The van der Waals surface area contributed by atoms with Crippen LogP contribution in [0.15, 0.2) is 36.0 Å². The predicted octanol–water partition coefficient (Wildman–Crippen LogP) is 3.51. The number of rotatable bonds is 5. The predicted molar refractivity (Wildman–Crippen MR) is 68.8 cm³/mol. The summed E-state index contributed by atoms with van der Waals surface area (Å²) in [6, 6.07) is 4.77. The van der Waals surface area contributed by atoms with Gasteiger partial charge in [0.05, 0.1) is 5.56 Å². The molecule has 0 amide bonds. The number of carbonyl (C=O) groups excluding carboxylic acids is 1. The Morgan fingerprint density at radius 1 is 1.56 bits per heavy atom. The number of allylic oxidation sites excluding steroid dienone is 1. The largest absolute Gasteiger partial charge is 0.458 e. The van der Waals surface area contributed by atoms with Crippen molar-refractivity contribution in [3.8, 4) is 0 Å². The van der Waals surface area contributed by atoms with Crippen LogP contribution in [0.1, 0.15) is 28.8 Å². The Labute approximate surface area is 106 Å². The molecule has 0 aromatic heterocycles. The van der Waals surface area contributed by atoms with Gasteiger partial charge in [-0.3, -0.25) is 0 Å². The van der Waals surface area contributed by atoms with E-state index in [0.717, 1.165) is 18.4 Å². The molecule has 1 unspecified atom stereocenters. The van der Waals surface area contributed by atoms with Crippen molar-refractivity contribution in [1.82, 2.24) is 0 Å². The third-order valence-electron chi connectivity index (χ3n) is 2.99. The molecule has 0 heterocycles. The van der Waals surface area contributed by atoms with Crippen molar-refractivity contribution in [1.29, 1.82) is 0 Å². The average Bonchev–Trinajstić information content (AvgIpc) is 3.07. The normalized spacial score (nSPS) is 21.2. The minimum atomic E-state index is -0.389. The van der Waals surface area contributed by atoms with E-state index in [-0.39, 0.29) is 17.8 Å². The molecule has 0 bridgehead atoms. The summed E-state index contributed by atoms with van der Waals surface area (Å²) in [7, 11) is 0. The van der Waals surface area contributed by atoms with Gasteiger partial charge in [0.2, 0.25) is 0 Å². The smallest absolute Gasteiger partial charge is 0.338 e. The lowest BCUT2D eigenvalue weighted by Gasteiger charge is -2.05. The third kappa shape index (κ3) is 2.83. The van der Waals surface area contributed by atoms with Gasteiger partial charge in [-0.25, -0.2) is 4.79 Å². The molecule has 94 valence electrons. The molecule has 0 aliphatic heterocycles. The first-order valence-electron chi connectivity index (χ1n) is 5.91. The van der Waals surface area contributed by atoms with Crippen molar-refractivity contribution in [2.75, 3.05) is 0 Å². The quantitative estimate of drug-likeness (QED) is 0.453. The minimum absolute atomic E-state index is 0.0105. The second kappa shape index (κ2) is 5.12. The van der Waals surface area contributed by atoms with Crippen LogP contribution in [0.5, 0.6) is 0 Å². The number of hydrogen-bond acceptors (Lipinski definition) is 4. The molecule has 1 saturated carbocycles. The molecule has 0 spiro atoms. The molecular formula is C14H15NO3. The van der Waals surface area contributed by atoms with Crippen LogP contribution < -0.4 is 0 Å². The Hall–Kier alpha value is -1.97. The Balaban J connectivity index is 2.03. The molecule has 1 aliphatic rings. The SMILES string of the molecule is C=CCC1C[C@H]1OC(=O)c1cc(C)cc(N=O)c1. The van der Waals surface area contributed by atoms with Gasteiger partial charge in [0.15, 0.2) is 0 Å². The summed E-state index contributed by atoms with van der Waals surface area (Å²) in [6.45, 7) is 5.47. The lowest BCUT2D eigenvalue weighted by molar-refractivity contribution is 0.0451. The van der Waals surface area contributed by atoms with E-state index in [4.69, 9.17) is 4.74 Å². The van der Waals surface area contributed by atoms with Crippen molar-refractivity contribution in [2.45, 2.75) is 25.9 Å². The lowest BCUT2D eigenvalue weighted by atomic mass is 10.1. The summed E-state index contributed by atoms with van der Waals surface area (Å²) in [5, 5.41) is 2.84. The van der Waals surface area contributed by atoms with Gasteiger partial charge < -0.3 is 4.74 Å². The Morgan fingerprint density at radius 2 is 2.33 bits per heavy atom. The standard InChI is InChI=1S/C14H15NO3/c1-3-4-10-8-13(10)18-14(16)11-5-9(2)6-12(7-11)15-17/h3,5-7,10,13H,1,4,8H2,2H3/t10?,13-/m1/s1. The maximum Gasteiger partial charge on any atom is 0.338 e. The Kier molecular flexibility index (Phi) is 3.55. The molecule has 1 aliphatic carbocycles. The maximum absolute atomic E-state index is 11.9. The van der Waals surface area contributed by atoms with Crippen LogP contribution in [0.4, 0.5) is 5.69 Å². The van der Waals surface area contributed by atoms with E-state index in [9.17, 15) is 9.70 Å². The first-order valence-corrected chi connectivity index (χ1v) is 5.91. The molecule has 2 rings (SSSR count). The highest BCUT2D eigenvalue weighted by molar-refractivity contribution is 5.90. The molecule has 0 radical (unpaired) electrons. The molecule has 0 N–H and O–H groups in total. The van der Waals surface area contributed by atoms with Crippen LogP contribution in [-0.4, -0.2) is 12.1 Å². The number of hydrogen-bond donors (Lipinski definition) is 0. The molecule has 4 heteroatoms. The summed E-state index contributed by atoms with van der Waals surface area (Å²) >= 11 is 0. The lowest BCUT2D eigenvalue weighted by Crippen LogP contribution is -2.08. The first-order chi connectivity index (χ1) is 8.63. The van der Waals surface area contributed by atoms with E-state index in [0.29, 0.717) is 11.5 Å². The van der Waals surface area contributed by atoms with Crippen LogP contribution in [0.25, 0.3) is 0 Å².